The summed E-state index contributed by atoms with van der Waals surface area (Å²) in [6, 6.07) is 14.6. The van der Waals surface area contributed by atoms with Gasteiger partial charge in [0.1, 0.15) is 23.7 Å². The largest absolute Gasteiger partial charge is 0.497 e. The van der Waals surface area contributed by atoms with E-state index in [1.54, 1.807) is 50.6 Å². The van der Waals surface area contributed by atoms with E-state index in [0.29, 0.717) is 0 Å². The van der Waals surface area contributed by atoms with Crippen molar-refractivity contribution in [2.75, 3.05) is 27.4 Å². The Morgan fingerprint density at radius 2 is 1.09 bits per heavy atom. The van der Waals surface area contributed by atoms with Gasteiger partial charge in [0.2, 0.25) is 0 Å². The third-order valence-corrected chi connectivity index (χ3v) is 5.55. The van der Waals surface area contributed by atoms with E-state index < -0.39 is 36.4 Å². The number of esters is 2. The zero-order chi connectivity index (χ0) is 23.9. The van der Waals surface area contributed by atoms with Crippen LogP contribution in [0.4, 0.5) is 0 Å². The van der Waals surface area contributed by atoms with Gasteiger partial charge in [0.15, 0.2) is 12.2 Å². The van der Waals surface area contributed by atoms with Crippen LogP contribution in [0.1, 0.15) is 11.1 Å². The normalized spacial score (nSPS) is 23.7. The van der Waals surface area contributed by atoms with Crippen molar-refractivity contribution in [2.24, 2.45) is 0 Å². The predicted octanol–water partition coefficient (Wildman–Crippen LogP) is 3.05. The lowest BCUT2D eigenvalue weighted by atomic mass is 10.1. The molecule has 0 saturated carbocycles. The first-order chi connectivity index (χ1) is 16.6. The minimum Gasteiger partial charge on any atom is -0.497 e. The first kappa shape index (κ1) is 23.5. The quantitative estimate of drug-likeness (QED) is 0.433. The van der Waals surface area contributed by atoms with Gasteiger partial charge in [0.05, 0.1) is 27.4 Å². The molecule has 4 atom stereocenters. The summed E-state index contributed by atoms with van der Waals surface area (Å²) < 4.78 is 32.7. The zero-order valence-corrected chi connectivity index (χ0v) is 18.9. The Balaban J connectivity index is 1.26. The molecular formula is C26H26O8. The highest BCUT2D eigenvalue weighted by Crippen LogP contribution is 2.31. The first-order valence-corrected chi connectivity index (χ1v) is 10.8. The highest BCUT2D eigenvalue weighted by molar-refractivity contribution is 5.87. The smallest absolute Gasteiger partial charge is 0.331 e. The van der Waals surface area contributed by atoms with Crippen molar-refractivity contribution in [3.63, 3.8) is 0 Å². The van der Waals surface area contributed by atoms with Crippen LogP contribution in [-0.4, -0.2) is 63.8 Å². The van der Waals surface area contributed by atoms with Crippen molar-refractivity contribution < 1.29 is 38.0 Å². The Morgan fingerprint density at radius 1 is 0.706 bits per heavy atom. The number of benzene rings is 2. The van der Waals surface area contributed by atoms with Gasteiger partial charge in [-0.2, -0.15) is 0 Å². The molecular weight excluding hydrogens is 440 g/mol. The molecule has 2 aromatic rings. The predicted molar refractivity (Wildman–Crippen MR) is 123 cm³/mol. The van der Waals surface area contributed by atoms with Crippen molar-refractivity contribution in [2.45, 2.75) is 24.4 Å². The Hall–Kier alpha value is -3.62. The van der Waals surface area contributed by atoms with Gasteiger partial charge >= 0.3 is 11.9 Å². The lowest BCUT2D eigenvalue weighted by molar-refractivity contribution is -0.149. The van der Waals surface area contributed by atoms with E-state index in [2.05, 4.69) is 0 Å². The minimum absolute atomic E-state index is 0.174. The van der Waals surface area contributed by atoms with Crippen LogP contribution in [0.25, 0.3) is 12.2 Å². The number of carbonyl (C=O) groups excluding carboxylic acids is 2. The van der Waals surface area contributed by atoms with Gasteiger partial charge in [-0.05, 0) is 47.5 Å². The van der Waals surface area contributed by atoms with Crippen LogP contribution in [-0.2, 0) is 28.5 Å². The van der Waals surface area contributed by atoms with Crippen LogP contribution < -0.4 is 9.47 Å². The molecule has 2 aliphatic heterocycles. The molecule has 0 spiro atoms. The van der Waals surface area contributed by atoms with Crippen molar-refractivity contribution >= 4 is 24.1 Å². The molecule has 2 aliphatic rings. The Bertz CT molecular complexity index is 956. The number of carbonyl (C=O) groups is 2. The monoisotopic (exact) mass is 466 g/mol. The second-order valence-corrected chi connectivity index (χ2v) is 7.76. The van der Waals surface area contributed by atoms with E-state index in [1.165, 1.54) is 12.2 Å². The van der Waals surface area contributed by atoms with Crippen molar-refractivity contribution in [1.29, 1.82) is 0 Å². The summed E-state index contributed by atoms with van der Waals surface area (Å²) in [7, 11) is 3.18. The Kier molecular flexibility index (Phi) is 7.61. The number of ether oxygens (including phenoxy) is 6. The topological polar surface area (TPSA) is 89.5 Å². The fourth-order valence-electron chi connectivity index (χ4n) is 3.77. The average molecular weight is 466 g/mol. The first-order valence-electron chi connectivity index (χ1n) is 10.8. The number of hydrogen-bond donors (Lipinski definition) is 0. The Labute approximate surface area is 197 Å². The fourth-order valence-corrected chi connectivity index (χ4v) is 3.77. The van der Waals surface area contributed by atoms with E-state index in [0.717, 1.165) is 22.6 Å². The molecule has 8 nitrogen and oxygen atoms in total. The number of fused-ring (bicyclic) bond motifs is 1. The van der Waals surface area contributed by atoms with Crippen LogP contribution in [0.3, 0.4) is 0 Å². The summed E-state index contributed by atoms with van der Waals surface area (Å²) in [5.41, 5.74) is 1.68. The maximum atomic E-state index is 12.3. The van der Waals surface area contributed by atoms with Crippen LogP contribution >= 0.6 is 0 Å². The zero-order valence-electron chi connectivity index (χ0n) is 18.9. The molecule has 0 bridgehead atoms. The van der Waals surface area contributed by atoms with E-state index in [1.807, 2.05) is 24.3 Å². The summed E-state index contributed by atoms with van der Waals surface area (Å²) in [5, 5.41) is 0. The lowest BCUT2D eigenvalue weighted by Gasteiger charge is -2.16. The second kappa shape index (κ2) is 11.0. The SMILES string of the molecule is COc1ccc(C=CC(=O)O[C@@H]2CO[C@H]3[C@@H]2OC[C@@H]3OC(=O)/C=C\c2ccc(OC)cc2)cc1. The number of methoxy groups -OCH3 is 2. The summed E-state index contributed by atoms with van der Waals surface area (Å²) in [6.07, 6.45) is 3.91. The number of hydrogen-bond acceptors (Lipinski definition) is 8. The lowest BCUT2D eigenvalue weighted by Crippen LogP contribution is -2.35. The molecule has 0 aliphatic carbocycles. The Morgan fingerprint density at radius 3 is 1.44 bits per heavy atom. The third kappa shape index (κ3) is 5.84. The summed E-state index contributed by atoms with van der Waals surface area (Å²) in [4.78, 5) is 24.5. The standard InChI is InChI=1S/C26H26O8/c1-29-19-9-3-17(4-10-19)7-13-23(27)33-21-15-31-26-22(16-32-25(21)26)34-24(28)14-8-18-5-11-20(30-2)12-6-18/h3-14,21-22,25-26H,15-16H2,1-2H3/b13-7-,14-8?/t21-,22+,25+,26+/m0/s1. The molecule has 2 heterocycles. The molecule has 0 N–H and O–H groups in total. The molecule has 4 rings (SSSR count). The molecule has 2 aromatic carbocycles. The van der Waals surface area contributed by atoms with Gasteiger partial charge in [-0.3, -0.25) is 0 Å². The summed E-state index contributed by atoms with van der Waals surface area (Å²) in [5.74, 6) is 0.463. The van der Waals surface area contributed by atoms with Gasteiger partial charge in [0, 0.05) is 12.2 Å². The summed E-state index contributed by atoms with van der Waals surface area (Å²) >= 11 is 0. The molecule has 2 fully saturated rings. The molecule has 2 saturated heterocycles. The molecule has 0 aromatic heterocycles. The van der Waals surface area contributed by atoms with Gasteiger partial charge in [-0.1, -0.05) is 24.3 Å². The molecule has 0 radical (unpaired) electrons. The highest BCUT2D eigenvalue weighted by Gasteiger charge is 2.50. The maximum Gasteiger partial charge on any atom is 0.331 e. The van der Waals surface area contributed by atoms with Gasteiger partial charge < -0.3 is 28.4 Å². The third-order valence-electron chi connectivity index (χ3n) is 5.55. The molecule has 0 unspecified atom stereocenters. The van der Waals surface area contributed by atoms with E-state index in [9.17, 15) is 9.59 Å². The number of rotatable bonds is 8. The van der Waals surface area contributed by atoms with Crippen LogP contribution in [0.15, 0.2) is 60.7 Å². The molecule has 0 amide bonds. The minimum atomic E-state index is -0.573. The van der Waals surface area contributed by atoms with E-state index >= 15 is 0 Å². The van der Waals surface area contributed by atoms with Crippen LogP contribution in [0, 0.1) is 0 Å². The van der Waals surface area contributed by atoms with E-state index in [-0.39, 0.29) is 13.2 Å². The average Bonchev–Trinajstić information content (AvgIpc) is 3.45. The van der Waals surface area contributed by atoms with Crippen molar-refractivity contribution in [3.8, 4) is 11.5 Å². The molecule has 34 heavy (non-hydrogen) atoms. The fraction of sp³-hybridized carbons (Fsp3) is 0.308. The highest BCUT2D eigenvalue weighted by atomic mass is 16.7. The van der Waals surface area contributed by atoms with Gasteiger partial charge in [0.25, 0.3) is 0 Å². The van der Waals surface area contributed by atoms with Crippen LogP contribution in [0.2, 0.25) is 0 Å². The summed E-state index contributed by atoms with van der Waals surface area (Å²) in [6.45, 7) is 0.348. The van der Waals surface area contributed by atoms with Gasteiger partial charge in [-0.15, -0.1) is 0 Å². The molecule has 8 heteroatoms. The van der Waals surface area contributed by atoms with E-state index in [4.69, 9.17) is 28.4 Å². The second-order valence-electron chi connectivity index (χ2n) is 7.76. The maximum absolute atomic E-state index is 12.3. The van der Waals surface area contributed by atoms with Crippen molar-refractivity contribution in [3.05, 3.63) is 71.8 Å². The van der Waals surface area contributed by atoms with Crippen molar-refractivity contribution in [1.82, 2.24) is 0 Å². The van der Waals surface area contributed by atoms with Crippen LogP contribution in [0.5, 0.6) is 11.5 Å². The van der Waals surface area contributed by atoms with Gasteiger partial charge in [-0.25, -0.2) is 9.59 Å². The molecule has 178 valence electrons.